The number of nitrogens with one attached hydrogen (secondary N) is 2. The van der Waals surface area contributed by atoms with Gasteiger partial charge in [-0.15, -0.1) is 0 Å². The first kappa shape index (κ1) is 21.9. The normalized spacial score (nSPS) is 14.4. The molecule has 0 unspecified atom stereocenters. The third-order valence-electron chi connectivity index (χ3n) is 5.05. The van der Waals surface area contributed by atoms with Crippen LogP contribution in [-0.2, 0) is 14.2 Å². The van der Waals surface area contributed by atoms with Gasteiger partial charge >= 0.3 is 5.97 Å². The summed E-state index contributed by atoms with van der Waals surface area (Å²) in [5.74, 6) is 1.26. The summed E-state index contributed by atoms with van der Waals surface area (Å²) in [7, 11) is 4.34. The number of carbonyl (C=O) groups is 1. The Hall–Kier alpha value is -2.78. The number of rotatable bonds is 10. The molecule has 0 radical (unpaired) electrons. The van der Waals surface area contributed by atoms with E-state index in [-0.39, 0.29) is 24.9 Å². The van der Waals surface area contributed by atoms with E-state index in [1.54, 1.807) is 12.1 Å². The van der Waals surface area contributed by atoms with Crippen molar-refractivity contribution in [3.05, 3.63) is 29.5 Å². The van der Waals surface area contributed by atoms with Gasteiger partial charge in [-0.1, -0.05) is 19.3 Å². The molecule has 2 aromatic rings. The van der Waals surface area contributed by atoms with Crippen LogP contribution in [0.5, 0.6) is 11.5 Å². The molecule has 1 fully saturated rings. The molecule has 0 aliphatic heterocycles. The maximum atomic E-state index is 12.5. The molecular weight excluding hydrogens is 390 g/mol. The van der Waals surface area contributed by atoms with E-state index in [0.29, 0.717) is 23.2 Å². The van der Waals surface area contributed by atoms with Crippen LogP contribution < -0.4 is 14.8 Å². The van der Waals surface area contributed by atoms with Gasteiger partial charge in [-0.05, 0) is 12.8 Å². The Morgan fingerprint density at radius 1 is 1.07 bits per heavy atom. The molecule has 9 heteroatoms. The van der Waals surface area contributed by atoms with Crippen LogP contribution in [0.15, 0.2) is 18.2 Å². The second-order valence-corrected chi connectivity index (χ2v) is 7.11. The van der Waals surface area contributed by atoms with Gasteiger partial charge in [-0.2, -0.15) is 5.10 Å². The van der Waals surface area contributed by atoms with Crippen LogP contribution in [0.3, 0.4) is 0 Å². The van der Waals surface area contributed by atoms with Crippen LogP contribution in [0.4, 0.5) is 11.5 Å². The van der Waals surface area contributed by atoms with Gasteiger partial charge in [-0.3, -0.25) is 5.10 Å². The standard InChI is InChI=1S/C21H29N3O6/c1-26-12-29-15-9-17(20(21(25)28-3)18(10-15)30-13-27-2)22-19-11-16(23-24-19)14-7-5-4-6-8-14/h9-11,14H,4-8,12-13H2,1-3H3,(H2,22,23,24). The van der Waals surface area contributed by atoms with Gasteiger partial charge in [0, 0.05) is 44.0 Å². The second kappa shape index (κ2) is 10.8. The van der Waals surface area contributed by atoms with E-state index in [9.17, 15) is 4.79 Å². The molecule has 3 rings (SSSR count). The number of nitrogens with zero attached hydrogens (tertiary/aromatic N) is 1. The largest absolute Gasteiger partial charge is 0.467 e. The van der Waals surface area contributed by atoms with Crippen molar-refractivity contribution in [2.45, 2.75) is 38.0 Å². The highest BCUT2D eigenvalue weighted by atomic mass is 16.7. The summed E-state index contributed by atoms with van der Waals surface area (Å²) in [5.41, 5.74) is 1.77. The summed E-state index contributed by atoms with van der Waals surface area (Å²) in [5, 5.41) is 10.7. The lowest BCUT2D eigenvalue weighted by Crippen LogP contribution is -2.11. The molecule has 1 heterocycles. The van der Waals surface area contributed by atoms with E-state index in [4.69, 9.17) is 23.7 Å². The third-order valence-corrected chi connectivity index (χ3v) is 5.05. The van der Waals surface area contributed by atoms with Crippen LogP contribution in [0.2, 0.25) is 0 Å². The number of anilines is 2. The van der Waals surface area contributed by atoms with Crippen molar-refractivity contribution < 1.29 is 28.5 Å². The van der Waals surface area contributed by atoms with Gasteiger partial charge < -0.3 is 29.0 Å². The Labute approximate surface area is 176 Å². The summed E-state index contributed by atoms with van der Waals surface area (Å²) in [6, 6.07) is 5.25. The lowest BCUT2D eigenvalue weighted by molar-refractivity contribution is 0.0436. The van der Waals surface area contributed by atoms with Gasteiger partial charge in [0.1, 0.15) is 17.1 Å². The highest BCUT2D eigenvalue weighted by Gasteiger charge is 2.23. The van der Waals surface area contributed by atoms with Gasteiger partial charge in [0.25, 0.3) is 0 Å². The highest BCUT2D eigenvalue weighted by molar-refractivity contribution is 5.99. The summed E-state index contributed by atoms with van der Waals surface area (Å²) in [6.07, 6.45) is 6.07. The summed E-state index contributed by atoms with van der Waals surface area (Å²) in [6.45, 7) is 0.0142. The van der Waals surface area contributed by atoms with Crippen molar-refractivity contribution in [1.82, 2.24) is 10.2 Å². The molecule has 9 nitrogen and oxygen atoms in total. The SMILES string of the molecule is COCOc1cc(Nc2cc(C3CCCCC3)[nH]n2)c(C(=O)OC)c(OCOC)c1. The van der Waals surface area contributed by atoms with Crippen LogP contribution in [0.25, 0.3) is 0 Å². The number of hydrogen-bond donors (Lipinski definition) is 2. The molecule has 0 spiro atoms. The fourth-order valence-corrected chi connectivity index (χ4v) is 3.61. The molecule has 0 atom stereocenters. The number of hydrogen-bond acceptors (Lipinski definition) is 8. The lowest BCUT2D eigenvalue weighted by atomic mass is 9.87. The lowest BCUT2D eigenvalue weighted by Gasteiger charge is -2.19. The zero-order chi connectivity index (χ0) is 21.3. The average molecular weight is 419 g/mol. The minimum atomic E-state index is -0.551. The molecular formula is C21H29N3O6. The number of esters is 1. The Morgan fingerprint density at radius 3 is 2.50 bits per heavy atom. The molecule has 1 saturated carbocycles. The zero-order valence-electron chi connectivity index (χ0n) is 17.7. The first-order valence-electron chi connectivity index (χ1n) is 9.98. The molecule has 2 N–H and O–H groups in total. The van der Waals surface area contributed by atoms with E-state index in [2.05, 4.69) is 15.5 Å². The zero-order valence-corrected chi connectivity index (χ0v) is 17.7. The maximum Gasteiger partial charge on any atom is 0.343 e. The van der Waals surface area contributed by atoms with Gasteiger partial charge in [0.2, 0.25) is 0 Å². The molecule has 0 saturated heterocycles. The van der Waals surface area contributed by atoms with Gasteiger partial charge in [-0.25, -0.2) is 4.79 Å². The Morgan fingerprint density at radius 2 is 1.80 bits per heavy atom. The summed E-state index contributed by atoms with van der Waals surface area (Å²) >= 11 is 0. The minimum Gasteiger partial charge on any atom is -0.467 e. The van der Waals surface area contributed by atoms with Crippen molar-refractivity contribution in [3.63, 3.8) is 0 Å². The van der Waals surface area contributed by atoms with Crippen molar-refractivity contribution in [2.75, 3.05) is 40.2 Å². The average Bonchev–Trinajstić information content (AvgIpc) is 3.24. The highest BCUT2D eigenvalue weighted by Crippen LogP contribution is 2.36. The predicted molar refractivity (Wildman–Crippen MR) is 110 cm³/mol. The van der Waals surface area contributed by atoms with Gasteiger partial charge in [0.05, 0.1) is 12.8 Å². The van der Waals surface area contributed by atoms with E-state index in [0.717, 1.165) is 18.5 Å². The topological polar surface area (TPSA) is 104 Å². The quantitative estimate of drug-likeness (QED) is 0.441. The molecule has 1 aromatic heterocycles. The Balaban J connectivity index is 1.92. The summed E-state index contributed by atoms with van der Waals surface area (Å²) < 4.78 is 26.1. The molecule has 1 aliphatic rings. The van der Waals surface area contributed by atoms with Crippen LogP contribution in [0, 0.1) is 0 Å². The molecule has 0 bridgehead atoms. The second-order valence-electron chi connectivity index (χ2n) is 7.11. The van der Waals surface area contributed by atoms with Crippen molar-refractivity contribution in [2.24, 2.45) is 0 Å². The van der Waals surface area contributed by atoms with Crippen molar-refractivity contribution in [1.29, 1.82) is 0 Å². The first-order chi connectivity index (χ1) is 14.7. The van der Waals surface area contributed by atoms with E-state index in [1.165, 1.54) is 40.6 Å². The number of benzene rings is 1. The maximum absolute atomic E-state index is 12.5. The minimum absolute atomic E-state index is 0.0363. The molecule has 164 valence electrons. The van der Waals surface area contributed by atoms with E-state index < -0.39 is 5.97 Å². The first-order valence-corrected chi connectivity index (χ1v) is 9.98. The van der Waals surface area contributed by atoms with Crippen molar-refractivity contribution in [3.8, 4) is 11.5 Å². The van der Waals surface area contributed by atoms with E-state index in [1.807, 2.05) is 6.07 Å². The predicted octanol–water partition coefficient (Wildman–Crippen LogP) is 3.95. The number of aromatic nitrogens is 2. The Bertz CT molecular complexity index is 832. The number of methoxy groups -OCH3 is 3. The molecule has 1 aliphatic carbocycles. The summed E-state index contributed by atoms with van der Waals surface area (Å²) in [4.78, 5) is 12.5. The molecule has 1 aromatic carbocycles. The van der Waals surface area contributed by atoms with Crippen LogP contribution >= 0.6 is 0 Å². The van der Waals surface area contributed by atoms with Gasteiger partial charge in [0.15, 0.2) is 19.4 Å². The smallest absolute Gasteiger partial charge is 0.343 e. The van der Waals surface area contributed by atoms with E-state index >= 15 is 0 Å². The number of aromatic amines is 1. The Kier molecular flexibility index (Phi) is 7.92. The fourth-order valence-electron chi connectivity index (χ4n) is 3.61. The number of carbonyl (C=O) groups excluding carboxylic acids is 1. The van der Waals surface area contributed by atoms with Crippen molar-refractivity contribution >= 4 is 17.5 Å². The molecule has 0 amide bonds. The fraction of sp³-hybridized carbons (Fsp3) is 0.524. The number of ether oxygens (including phenoxy) is 5. The van der Waals surface area contributed by atoms with Crippen LogP contribution in [-0.4, -0.2) is 51.1 Å². The number of H-pyrrole nitrogens is 1. The van der Waals surface area contributed by atoms with Crippen LogP contribution in [0.1, 0.15) is 54.1 Å². The third kappa shape index (κ3) is 5.43. The molecule has 30 heavy (non-hydrogen) atoms. The monoisotopic (exact) mass is 419 g/mol.